The van der Waals surface area contributed by atoms with Gasteiger partial charge in [-0.25, -0.2) is 0 Å². The fourth-order valence-electron chi connectivity index (χ4n) is 0. The molecule has 0 saturated carbocycles. The third-order valence-electron chi connectivity index (χ3n) is 0. The zero-order valence-electron chi connectivity index (χ0n) is 4.42. The second-order valence-electron chi connectivity index (χ2n) is 0.408. The molecule has 0 N–H and O–H groups in total. The smallest absolute Gasteiger partial charge is 1.00 e. The molecule has 0 aromatic rings. The Kier molecular flexibility index (Phi) is 224. The van der Waals surface area contributed by atoms with Crippen molar-refractivity contribution in [2.45, 2.75) is 12.2 Å². The summed E-state index contributed by atoms with van der Waals surface area (Å²) in [4.78, 5) is 0. The van der Waals surface area contributed by atoms with Gasteiger partial charge in [0.1, 0.15) is 0 Å². The van der Waals surface area contributed by atoms with Crippen LogP contribution in [-0.2, 0) is 0 Å². The van der Waals surface area contributed by atoms with Crippen LogP contribution >= 0.6 is 0 Å². The average molecular weight is 169 g/mol. The van der Waals surface area contributed by atoms with Crippen molar-refractivity contribution in [3.8, 4) is 0 Å². The summed E-state index contributed by atoms with van der Waals surface area (Å²) < 4.78 is 0. The molecule has 0 saturated heterocycles. The molecular formula is C2H5AlCl3Li. The Morgan fingerprint density at radius 1 is 1.14 bits per heavy atom. The summed E-state index contributed by atoms with van der Waals surface area (Å²) in [6.07, 6.45) is 0. The van der Waals surface area contributed by atoms with Crippen molar-refractivity contribution in [3.05, 3.63) is 0 Å². The Balaban J connectivity index is -0.00000000333. The second kappa shape index (κ2) is 43.6. The monoisotopic (exact) mass is 168 g/mol. The molecule has 7 heavy (non-hydrogen) atoms. The largest absolute Gasteiger partial charge is 1.00 e. The molecular weight excluding hydrogens is 164 g/mol. The maximum atomic E-state index is 2.58. The molecule has 0 radical (unpaired) electrons. The summed E-state index contributed by atoms with van der Waals surface area (Å²) in [5.74, 6) is 0. The van der Waals surface area contributed by atoms with E-state index in [1.165, 1.54) is 5.28 Å². The van der Waals surface area contributed by atoms with Crippen LogP contribution in [0.15, 0.2) is 0 Å². The minimum absolute atomic E-state index is 0. The zero-order valence-corrected chi connectivity index (χ0v) is 7.84. The van der Waals surface area contributed by atoms with E-state index in [0.717, 1.165) is 0 Å². The normalized spacial score (nSPS) is 2.71. The molecule has 0 spiro atoms. The number of hydrogen-bond donors (Lipinski definition) is 0. The maximum absolute atomic E-state index is 2.58. The van der Waals surface area contributed by atoms with E-state index in [2.05, 4.69) is 23.2 Å². The van der Waals surface area contributed by atoms with Crippen LogP contribution in [0, 0.1) is 0 Å². The van der Waals surface area contributed by atoms with Crippen LogP contribution < -0.4 is 56.1 Å². The van der Waals surface area contributed by atoms with Gasteiger partial charge in [0.15, 0.2) is 0 Å². The molecule has 0 nitrogen and oxygen atoms in total. The van der Waals surface area contributed by atoms with E-state index in [0.29, 0.717) is 0 Å². The van der Waals surface area contributed by atoms with Crippen LogP contribution in [0.3, 0.4) is 0 Å². The molecule has 0 amide bonds. The van der Waals surface area contributed by atoms with Crippen molar-refractivity contribution < 1.29 is 56.1 Å². The Morgan fingerprint density at radius 3 is 1.14 bits per heavy atom. The van der Waals surface area contributed by atoms with Crippen molar-refractivity contribution in [3.63, 3.8) is 0 Å². The molecule has 0 aromatic carbocycles. The fraction of sp³-hybridized carbons (Fsp3) is 1.00. The van der Waals surface area contributed by atoms with Gasteiger partial charge in [-0.05, 0) is 0 Å². The van der Waals surface area contributed by atoms with Gasteiger partial charge in [-0.2, -0.15) is 0 Å². The molecule has 0 aliphatic carbocycles. The summed E-state index contributed by atoms with van der Waals surface area (Å²) >= 11 is 2.58. The van der Waals surface area contributed by atoms with Gasteiger partial charge in [0.25, 0.3) is 0 Å². The van der Waals surface area contributed by atoms with Crippen LogP contribution in [-0.4, -0.2) is 16.3 Å². The van der Waals surface area contributed by atoms with Gasteiger partial charge >= 0.3 is 47.4 Å². The number of rotatable bonds is 0. The second-order valence-corrected chi connectivity index (χ2v) is 1.22. The van der Waals surface area contributed by atoms with Crippen molar-refractivity contribution in [1.82, 2.24) is 0 Å². The van der Waals surface area contributed by atoms with Crippen LogP contribution in [0.2, 0.25) is 5.28 Å². The van der Waals surface area contributed by atoms with Crippen LogP contribution in [0.4, 0.5) is 0 Å². The van der Waals surface area contributed by atoms with Crippen LogP contribution in [0.1, 0.15) is 6.92 Å². The summed E-state index contributed by atoms with van der Waals surface area (Å²) in [5, 5.41) is 1.17. The van der Waals surface area contributed by atoms with E-state index in [4.69, 9.17) is 0 Å². The molecule has 0 aromatic heterocycles. The SMILES string of the molecule is C[CH2][Al+2].[Cl-].[Cl-].[Cl-].[Li+]. The van der Waals surface area contributed by atoms with Crippen molar-refractivity contribution in [1.29, 1.82) is 0 Å². The third-order valence-corrected chi connectivity index (χ3v) is 0. The van der Waals surface area contributed by atoms with Crippen molar-refractivity contribution in [2.24, 2.45) is 0 Å². The quantitative estimate of drug-likeness (QED) is 0.316. The summed E-state index contributed by atoms with van der Waals surface area (Å²) in [6.45, 7) is 2.09. The number of hydrogen-bond acceptors (Lipinski definition) is 0. The topological polar surface area (TPSA) is 0 Å². The van der Waals surface area contributed by atoms with Gasteiger partial charge in [-0.1, -0.05) is 0 Å². The molecule has 0 aliphatic heterocycles. The molecule has 0 rings (SSSR count). The molecule has 38 valence electrons. The van der Waals surface area contributed by atoms with Crippen molar-refractivity contribution in [2.75, 3.05) is 0 Å². The van der Waals surface area contributed by atoms with Crippen molar-refractivity contribution >= 4 is 16.3 Å². The predicted octanol–water partition coefficient (Wildman–Crippen LogP) is -11.4. The molecule has 5 heteroatoms. The third kappa shape index (κ3) is 72.0. The van der Waals surface area contributed by atoms with Gasteiger partial charge in [0.2, 0.25) is 0 Å². The first-order valence-electron chi connectivity index (χ1n) is 1.12. The first-order chi connectivity index (χ1) is 1.41. The van der Waals surface area contributed by atoms with Crippen LogP contribution in [0.5, 0.6) is 0 Å². The summed E-state index contributed by atoms with van der Waals surface area (Å²) in [7, 11) is 0. The van der Waals surface area contributed by atoms with E-state index in [1.807, 2.05) is 0 Å². The Labute approximate surface area is 84.0 Å². The standard InChI is InChI=1S/C2H5.Al.3ClH.Li/c1-2;;;;;/h1H2,2H3;;3*1H;/q;+2;;;;+1/p-3. The minimum atomic E-state index is 0. The first kappa shape index (κ1) is 36.0. The van der Waals surface area contributed by atoms with E-state index in [-0.39, 0.29) is 56.1 Å². The number of halogens is 3. The minimum Gasteiger partial charge on any atom is -1.00 e. The molecule has 0 bridgehead atoms. The zero-order chi connectivity index (χ0) is 2.71. The molecule has 0 unspecified atom stereocenters. The van der Waals surface area contributed by atoms with E-state index < -0.39 is 0 Å². The van der Waals surface area contributed by atoms with Gasteiger partial charge in [-0.3, -0.25) is 0 Å². The van der Waals surface area contributed by atoms with Crippen LogP contribution in [0.25, 0.3) is 0 Å². The van der Waals surface area contributed by atoms with E-state index in [9.17, 15) is 0 Å². The van der Waals surface area contributed by atoms with Gasteiger partial charge in [0, 0.05) is 0 Å². The van der Waals surface area contributed by atoms with E-state index >= 15 is 0 Å². The van der Waals surface area contributed by atoms with Gasteiger partial charge in [-0.15, -0.1) is 0 Å². The Morgan fingerprint density at radius 2 is 1.14 bits per heavy atom. The average Bonchev–Trinajstić information content (AvgIpc) is 0.918. The molecule has 0 fully saturated rings. The summed E-state index contributed by atoms with van der Waals surface area (Å²) in [6, 6.07) is 0. The maximum Gasteiger partial charge on any atom is 1.00 e. The Bertz CT molecular complexity index is 12.9. The molecule has 0 aliphatic rings. The van der Waals surface area contributed by atoms with Gasteiger partial charge < -0.3 is 37.2 Å². The molecule has 0 atom stereocenters. The summed E-state index contributed by atoms with van der Waals surface area (Å²) in [5.41, 5.74) is 0. The molecule has 0 heterocycles. The predicted molar refractivity (Wildman–Crippen MR) is 16.2 cm³/mol. The van der Waals surface area contributed by atoms with Gasteiger partial charge in [0.05, 0.1) is 0 Å². The Hall–Kier alpha value is 2.00. The first-order valence-corrected chi connectivity index (χ1v) is 1.93. The van der Waals surface area contributed by atoms with E-state index in [1.54, 1.807) is 0 Å². The fourth-order valence-corrected chi connectivity index (χ4v) is 0.